The minimum atomic E-state index is -0.220. The number of pyridine rings is 1. The number of likely N-dealkylation sites (N-methyl/N-ethyl adjacent to an activating group) is 1. The number of nitrogens with zero attached hydrogens (tertiary/aromatic N) is 5. The van der Waals surface area contributed by atoms with Gasteiger partial charge in [0.05, 0.1) is 22.9 Å². The van der Waals surface area contributed by atoms with Crippen LogP contribution in [0.1, 0.15) is 38.1 Å². The van der Waals surface area contributed by atoms with Crippen LogP contribution in [0.2, 0.25) is 0 Å². The maximum atomic E-state index is 13.1. The third-order valence-corrected chi connectivity index (χ3v) is 7.00. The molecular formula is C26H33N7O2S. The normalized spacial score (nSPS) is 13.2. The average Bonchev–Trinajstić information content (AvgIpc) is 3.57. The first-order valence-electron chi connectivity index (χ1n) is 12.2. The molecule has 36 heavy (non-hydrogen) atoms. The highest BCUT2D eigenvalue weighted by atomic mass is 32.1. The molecule has 0 saturated carbocycles. The number of carbonyl (C=O) groups excluding carboxylic acids is 1. The fourth-order valence-corrected chi connectivity index (χ4v) is 4.75. The molecule has 0 unspecified atom stereocenters. The Hall–Kier alpha value is -3.34. The zero-order valence-corrected chi connectivity index (χ0v) is 21.9. The van der Waals surface area contributed by atoms with Gasteiger partial charge >= 0.3 is 0 Å². The Morgan fingerprint density at radius 3 is 2.61 bits per heavy atom. The number of amides is 1. The summed E-state index contributed by atoms with van der Waals surface area (Å²) in [5, 5.41) is 22.4. The summed E-state index contributed by atoms with van der Waals surface area (Å²) in [6, 6.07) is 11.3. The van der Waals surface area contributed by atoms with Crippen LogP contribution in [0.25, 0.3) is 27.6 Å². The van der Waals surface area contributed by atoms with Gasteiger partial charge in [0.15, 0.2) is 5.65 Å². The van der Waals surface area contributed by atoms with Crippen molar-refractivity contribution in [1.82, 2.24) is 29.8 Å². The van der Waals surface area contributed by atoms with Crippen molar-refractivity contribution in [1.29, 1.82) is 0 Å². The third-order valence-electron chi connectivity index (χ3n) is 6.11. The lowest BCUT2D eigenvalue weighted by molar-refractivity contribution is 0.0938. The molecule has 0 bridgehead atoms. The average molecular weight is 508 g/mol. The van der Waals surface area contributed by atoms with Gasteiger partial charge in [0.2, 0.25) is 0 Å². The predicted octanol–water partition coefficient (Wildman–Crippen LogP) is 3.77. The second-order valence-corrected chi connectivity index (χ2v) is 9.70. The van der Waals surface area contributed by atoms with E-state index in [2.05, 4.69) is 46.4 Å². The molecule has 1 amide bonds. The van der Waals surface area contributed by atoms with Crippen molar-refractivity contribution in [2.45, 2.75) is 39.8 Å². The van der Waals surface area contributed by atoms with Gasteiger partial charge in [-0.3, -0.25) is 9.69 Å². The van der Waals surface area contributed by atoms with Gasteiger partial charge in [-0.2, -0.15) is 5.10 Å². The molecule has 190 valence electrons. The Labute approximate surface area is 215 Å². The number of nitrogens with one attached hydrogen (secondary N) is 2. The summed E-state index contributed by atoms with van der Waals surface area (Å²) >= 11 is 1.63. The number of aliphatic hydroxyl groups excluding tert-OH is 1. The highest BCUT2D eigenvalue weighted by molar-refractivity contribution is 7.13. The van der Waals surface area contributed by atoms with E-state index in [9.17, 15) is 9.90 Å². The fourth-order valence-electron chi connectivity index (χ4n) is 4.05. The molecule has 4 aromatic rings. The van der Waals surface area contributed by atoms with Gasteiger partial charge in [0.1, 0.15) is 11.5 Å². The van der Waals surface area contributed by atoms with E-state index >= 15 is 0 Å². The van der Waals surface area contributed by atoms with Gasteiger partial charge < -0.3 is 15.7 Å². The van der Waals surface area contributed by atoms with E-state index in [1.807, 2.05) is 42.8 Å². The summed E-state index contributed by atoms with van der Waals surface area (Å²) in [7, 11) is 0. The molecule has 3 N–H and O–H groups in total. The van der Waals surface area contributed by atoms with Crippen molar-refractivity contribution in [3.05, 3.63) is 53.5 Å². The van der Waals surface area contributed by atoms with Crippen LogP contribution in [0.15, 0.2) is 48.0 Å². The van der Waals surface area contributed by atoms with E-state index < -0.39 is 0 Å². The molecule has 0 saturated heterocycles. The Morgan fingerprint density at radius 1 is 1.11 bits per heavy atom. The van der Waals surface area contributed by atoms with Gasteiger partial charge in [-0.15, -0.1) is 11.3 Å². The monoisotopic (exact) mass is 507 g/mol. The van der Waals surface area contributed by atoms with Crippen molar-refractivity contribution in [2.24, 2.45) is 0 Å². The summed E-state index contributed by atoms with van der Waals surface area (Å²) in [6.07, 6.45) is 1.87. The minimum absolute atomic E-state index is 0.0569. The van der Waals surface area contributed by atoms with Crippen LogP contribution < -0.4 is 10.6 Å². The molecule has 0 radical (unpaired) electrons. The van der Waals surface area contributed by atoms with Crippen molar-refractivity contribution < 1.29 is 9.90 Å². The second-order valence-electron chi connectivity index (χ2n) is 8.76. The van der Waals surface area contributed by atoms with E-state index in [0.29, 0.717) is 35.0 Å². The number of fused-ring (bicyclic) bond motifs is 1. The Bertz CT molecular complexity index is 1300. The molecular weight excluding hydrogens is 474 g/mol. The van der Waals surface area contributed by atoms with Crippen LogP contribution in [0, 0.1) is 0 Å². The number of hydrogen-bond donors (Lipinski definition) is 3. The lowest BCUT2D eigenvalue weighted by Crippen LogP contribution is -2.42. The summed E-state index contributed by atoms with van der Waals surface area (Å²) in [6.45, 7) is 10.5. The van der Waals surface area contributed by atoms with E-state index in [0.717, 1.165) is 23.7 Å². The number of aromatic nitrogens is 4. The fraction of sp³-hybridized carbons (Fsp3) is 0.385. The van der Waals surface area contributed by atoms with Gasteiger partial charge in [-0.25, -0.2) is 14.5 Å². The summed E-state index contributed by atoms with van der Waals surface area (Å²) < 4.78 is 1.70. The number of rotatable bonds is 11. The molecule has 0 aliphatic heterocycles. The van der Waals surface area contributed by atoms with Crippen molar-refractivity contribution in [2.75, 3.05) is 31.6 Å². The van der Waals surface area contributed by atoms with Crippen molar-refractivity contribution in [3.63, 3.8) is 0 Å². The van der Waals surface area contributed by atoms with Crippen molar-refractivity contribution in [3.8, 4) is 22.0 Å². The summed E-state index contributed by atoms with van der Waals surface area (Å²) in [4.78, 5) is 25.9. The SMILES string of the molecule is CCN(CC)[C@@H](C)CNC(=O)c1cc(N[C@@H](C)CO)nc(-c2cc3nc(-c4cccs4)ccn3n2)c1. The first-order valence-corrected chi connectivity index (χ1v) is 13.1. The summed E-state index contributed by atoms with van der Waals surface area (Å²) in [5.41, 5.74) is 3.21. The summed E-state index contributed by atoms with van der Waals surface area (Å²) in [5.74, 6) is 0.319. The Kier molecular flexibility index (Phi) is 8.29. The van der Waals surface area contributed by atoms with Crippen LogP contribution in [0.3, 0.4) is 0 Å². The number of thiophene rings is 1. The molecule has 2 atom stereocenters. The van der Waals surface area contributed by atoms with Crippen LogP contribution in [-0.4, -0.2) is 73.8 Å². The number of hydrogen-bond acceptors (Lipinski definition) is 8. The van der Waals surface area contributed by atoms with Crippen LogP contribution >= 0.6 is 11.3 Å². The van der Waals surface area contributed by atoms with Crippen molar-refractivity contribution >= 4 is 28.7 Å². The van der Waals surface area contributed by atoms with Crippen LogP contribution in [0.5, 0.6) is 0 Å². The molecule has 0 aromatic carbocycles. The van der Waals surface area contributed by atoms with Gasteiger partial charge in [-0.1, -0.05) is 19.9 Å². The third kappa shape index (κ3) is 5.89. The van der Waals surface area contributed by atoms with E-state index in [1.165, 1.54) is 0 Å². The molecule has 0 aliphatic rings. The lowest BCUT2D eigenvalue weighted by Gasteiger charge is -2.26. The molecule has 0 fully saturated rings. The van der Waals surface area contributed by atoms with E-state index in [4.69, 9.17) is 4.98 Å². The minimum Gasteiger partial charge on any atom is -0.394 e. The van der Waals surface area contributed by atoms with Gasteiger partial charge in [0.25, 0.3) is 5.91 Å². The molecule has 9 nitrogen and oxygen atoms in total. The molecule has 4 rings (SSSR count). The molecule has 0 aliphatic carbocycles. The highest BCUT2D eigenvalue weighted by Gasteiger charge is 2.17. The Morgan fingerprint density at radius 2 is 1.92 bits per heavy atom. The van der Waals surface area contributed by atoms with Gasteiger partial charge in [0, 0.05) is 36.5 Å². The first-order chi connectivity index (χ1) is 17.4. The largest absolute Gasteiger partial charge is 0.394 e. The zero-order chi connectivity index (χ0) is 25.7. The van der Waals surface area contributed by atoms with Crippen LogP contribution in [-0.2, 0) is 0 Å². The number of aliphatic hydroxyl groups is 1. The molecule has 10 heteroatoms. The smallest absolute Gasteiger partial charge is 0.251 e. The first kappa shape index (κ1) is 25.7. The van der Waals surface area contributed by atoms with E-state index in [1.54, 1.807) is 28.0 Å². The maximum Gasteiger partial charge on any atom is 0.251 e. The quantitative estimate of drug-likeness (QED) is 0.284. The standard InChI is InChI=1S/C26H33N7O2S/c1-5-32(6-2)18(4)15-27-26(35)19-12-21(29-24(13-19)28-17(3)16-34)22-14-25-30-20(9-10-33(25)31-22)23-8-7-11-36-23/h7-14,17-18,34H,5-6,15-16H2,1-4H3,(H,27,35)(H,28,29)/t17-,18-/m0/s1. The highest BCUT2D eigenvalue weighted by Crippen LogP contribution is 2.25. The van der Waals surface area contributed by atoms with Crippen LogP contribution in [0.4, 0.5) is 5.82 Å². The second kappa shape index (κ2) is 11.6. The molecule has 4 aromatic heterocycles. The lowest BCUT2D eigenvalue weighted by atomic mass is 10.1. The number of carbonyl (C=O) groups is 1. The van der Waals surface area contributed by atoms with Gasteiger partial charge in [-0.05, 0) is 56.6 Å². The van der Waals surface area contributed by atoms with E-state index in [-0.39, 0.29) is 24.6 Å². The molecule has 4 heterocycles. The maximum absolute atomic E-state index is 13.1. The topological polar surface area (TPSA) is 108 Å². The zero-order valence-electron chi connectivity index (χ0n) is 21.1. The Balaban J connectivity index is 1.64. The number of anilines is 1. The predicted molar refractivity (Wildman–Crippen MR) is 144 cm³/mol. The molecule has 0 spiro atoms.